The lowest BCUT2D eigenvalue weighted by molar-refractivity contribution is -0.384. The summed E-state index contributed by atoms with van der Waals surface area (Å²) >= 11 is 0. The van der Waals surface area contributed by atoms with Crippen molar-refractivity contribution in [2.75, 3.05) is 25.0 Å². The molecule has 1 aromatic rings. The first kappa shape index (κ1) is 21.1. The SMILES string of the molecule is O=C(CCN1C(=O)CCC1=O)NCCNc1ccc(C(F)(F)F)cc1[N+](=O)[O-]. The number of anilines is 1. The number of nitrogens with one attached hydrogen (secondary N) is 2. The van der Waals surface area contributed by atoms with Crippen LogP contribution in [-0.2, 0) is 20.6 Å². The summed E-state index contributed by atoms with van der Waals surface area (Å²) in [5.41, 5.74) is -1.98. The summed E-state index contributed by atoms with van der Waals surface area (Å²) < 4.78 is 38.0. The highest BCUT2D eigenvalue weighted by Gasteiger charge is 2.33. The summed E-state index contributed by atoms with van der Waals surface area (Å²) in [6.07, 6.45) is -4.51. The molecule has 0 saturated carbocycles. The van der Waals surface area contributed by atoms with Gasteiger partial charge in [-0.05, 0) is 12.1 Å². The van der Waals surface area contributed by atoms with Crippen molar-refractivity contribution in [1.82, 2.24) is 10.2 Å². The minimum atomic E-state index is -4.70. The fourth-order valence-electron chi connectivity index (χ4n) is 2.58. The van der Waals surface area contributed by atoms with Crippen LogP contribution in [0.3, 0.4) is 0 Å². The first-order valence-electron chi connectivity index (χ1n) is 8.29. The van der Waals surface area contributed by atoms with Crippen molar-refractivity contribution < 1.29 is 32.5 Å². The lowest BCUT2D eigenvalue weighted by atomic mass is 10.1. The molecular weight excluding hydrogens is 385 g/mol. The fraction of sp³-hybridized carbons (Fsp3) is 0.438. The van der Waals surface area contributed by atoms with E-state index in [-0.39, 0.29) is 56.4 Å². The molecule has 28 heavy (non-hydrogen) atoms. The molecule has 12 heteroatoms. The monoisotopic (exact) mass is 402 g/mol. The van der Waals surface area contributed by atoms with Crippen LogP contribution >= 0.6 is 0 Å². The molecule has 1 aromatic carbocycles. The molecule has 0 spiro atoms. The highest BCUT2D eigenvalue weighted by Crippen LogP contribution is 2.34. The van der Waals surface area contributed by atoms with E-state index in [1.165, 1.54) is 0 Å². The van der Waals surface area contributed by atoms with Gasteiger partial charge in [0.15, 0.2) is 0 Å². The molecule has 3 amide bonds. The lowest BCUT2D eigenvalue weighted by Crippen LogP contribution is -2.35. The van der Waals surface area contributed by atoms with Gasteiger partial charge in [0.25, 0.3) is 5.69 Å². The van der Waals surface area contributed by atoms with Gasteiger partial charge in [-0.15, -0.1) is 0 Å². The number of rotatable bonds is 8. The number of nitro benzene ring substituents is 1. The maximum Gasteiger partial charge on any atom is 0.416 e. The number of halogens is 3. The van der Waals surface area contributed by atoms with Crippen LogP contribution < -0.4 is 10.6 Å². The van der Waals surface area contributed by atoms with Crippen molar-refractivity contribution in [2.24, 2.45) is 0 Å². The van der Waals surface area contributed by atoms with Gasteiger partial charge in [-0.2, -0.15) is 13.2 Å². The number of likely N-dealkylation sites (tertiary alicyclic amines) is 1. The maximum absolute atomic E-state index is 12.7. The Kier molecular flexibility index (Phi) is 6.54. The third kappa shape index (κ3) is 5.41. The smallest absolute Gasteiger partial charge is 0.378 e. The van der Waals surface area contributed by atoms with Gasteiger partial charge in [0, 0.05) is 45.0 Å². The molecule has 0 aliphatic carbocycles. The number of benzene rings is 1. The molecule has 152 valence electrons. The van der Waals surface area contributed by atoms with Crippen molar-refractivity contribution in [1.29, 1.82) is 0 Å². The van der Waals surface area contributed by atoms with Crippen LogP contribution in [0.4, 0.5) is 24.5 Å². The summed E-state index contributed by atoms with van der Waals surface area (Å²) in [7, 11) is 0. The maximum atomic E-state index is 12.7. The zero-order chi connectivity index (χ0) is 20.9. The quantitative estimate of drug-likeness (QED) is 0.295. The molecule has 2 rings (SSSR count). The van der Waals surface area contributed by atoms with E-state index in [2.05, 4.69) is 10.6 Å². The van der Waals surface area contributed by atoms with Gasteiger partial charge in [-0.3, -0.25) is 29.4 Å². The number of imide groups is 1. The first-order valence-corrected chi connectivity index (χ1v) is 8.29. The second-order valence-electron chi connectivity index (χ2n) is 5.95. The number of hydrogen-bond acceptors (Lipinski definition) is 6. The topological polar surface area (TPSA) is 122 Å². The van der Waals surface area contributed by atoms with Gasteiger partial charge >= 0.3 is 6.18 Å². The number of carbonyl (C=O) groups is 3. The van der Waals surface area contributed by atoms with Crippen molar-refractivity contribution in [3.8, 4) is 0 Å². The van der Waals surface area contributed by atoms with E-state index < -0.39 is 28.3 Å². The molecule has 1 aliphatic heterocycles. The predicted octanol–water partition coefficient (Wildman–Crippen LogP) is 1.68. The van der Waals surface area contributed by atoms with Gasteiger partial charge in [0.2, 0.25) is 17.7 Å². The number of carbonyl (C=O) groups excluding carboxylic acids is 3. The van der Waals surface area contributed by atoms with Crippen LogP contribution in [0.1, 0.15) is 24.8 Å². The Morgan fingerprint density at radius 1 is 1.18 bits per heavy atom. The normalized spacial score (nSPS) is 14.3. The molecule has 0 bridgehead atoms. The van der Waals surface area contributed by atoms with E-state index in [0.29, 0.717) is 6.07 Å². The third-order valence-electron chi connectivity index (χ3n) is 4.00. The van der Waals surface area contributed by atoms with Gasteiger partial charge in [0.05, 0.1) is 10.5 Å². The van der Waals surface area contributed by atoms with Crippen LogP contribution in [0.2, 0.25) is 0 Å². The second kappa shape index (κ2) is 8.67. The molecule has 9 nitrogen and oxygen atoms in total. The number of amides is 3. The third-order valence-corrected chi connectivity index (χ3v) is 4.00. The van der Waals surface area contributed by atoms with Crippen LogP contribution in [0.5, 0.6) is 0 Å². The van der Waals surface area contributed by atoms with E-state index in [4.69, 9.17) is 0 Å². The van der Waals surface area contributed by atoms with Gasteiger partial charge in [-0.25, -0.2) is 0 Å². The van der Waals surface area contributed by atoms with Crippen molar-refractivity contribution in [3.05, 3.63) is 33.9 Å². The van der Waals surface area contributed by atoms with Crippen molar-refractivity contribution in [2.45, 2.75) is 25.4 Å². The zero-order valence-electron chi connectivity index (χ0n) is 14.5. The summed E-state index contributed by atoms with van der Waals surface area (Å²) in [5, 5.41) is 16.1. The van der Waals surface area contributed by atoms with Crippen LogP contribution in [0, 0.1) is 10.1 Å². The Labute approximate surface area is 157 Å². The molecular formula is C16H17F3N4O5. The molecule has 2 N–H and O–H groups in total. The van der Waals surface area contributed by atoms with Crippen molar-refractivity contribution in [3.63, 3.8) is 0 Å². The second-order valence-corrected chi connectivity index (χ2v) is 5.95. The largest absolute Gasteiger partial charge is 0.416 e. The number of alkyl halides is 3. The lowest BCUT2D eigenvalue weighted by Gasteiger charge is -2.14. The standard InChI is InChI=1S/C16H17F3N4O5/c17-16(18,19)10-1-2-11(12(9-10)23(27)28)20-6-7-21-13(24)5-8-22-14(25)3-4-15(22)26/h1-2,9,20H,3-8H2,(H,21,24). The first-order chi connectivity index (χ1) is 13.1. The Morgan fingerprint density at radius 3 is 2.39 bits per heavy atom. The van der Waals surface area contributed by atoms with E-state index in [0.717, 1.165) is 17.0 Å². The highest BCUT2D eigenvalue weighted by molar-refractivity contribution is 6.02. The van der Waals surface area contributed by atoms with Gasteiger partial charge in [0.1, 0.15) is 5.69 Å². The van der Waals surface area contributed by atoms with Crippen LogP contribution in [0.15, 0.2) is 18.2 Å². The minimum Gasteiger partial charge on any atom is -0.378 e. The van der Waals surface area contributed by atoms with Crippen molar-refractivity contribution >= 4 is 29.1 Å². The van der Waals surface area contributed by atoms with Gasteiger partial charge in [-0.1, -0.05) is 0 Å². The van der Waals surface area contributed by atoms with E-state index in [1.54, 1.807) is 0 Å². The van der Waals surface area contributed by atoms with Crippen LogP contribution in [0.25, 0.3) is 0 Å². The molecule has 1 aliphatic rings. The summed E-state index contributed by atoms with van der Waals surface area (Å²) in [5.74, 6) is -1.08. The molecule has 0 atom stereocenters. The van der Waals surface area contributed by atoms with Crippen LogP contribution in [-0.4, -0.2) is 47.2 Å². The Hall–Kier alpha value is -3.18. The summed E-state index contributed by atoms with van der Waals surface area (Å²) in [6.45, 7) is 0.0414. The zero-order valence-corrected chi connectivity index (χ0v) is 14.5. The molecule has 1 fully saturated rings. The molecule has 1 heterocycles. The summed E-state index contributed by atoms with van der Waals surface area (Å²) in [4.78, 5) is 45.6. The number of hydrogen-bond donors (Lipinski definition) is 2. The fourth-order valence-corrected chi connectivity index (χ4v) is 2.58. The summed E-state index contributed by atoms with van der Waals surface area (Å²) in [6, 6.07) is 2.11. The molecule has 0 aromatic heterocycles. The predicted molar refractivity (Wildman–Crippen MR) is 90.2 cm³/mol. The van der Waals surface area contributed by atoms with E-state index >= 15 is 0 Å². The minimum absolute atomic E-state index is 0.0265. The molecule has 0 radical (unpaired) electrons. The Balaban J connectivity index is 1.81. The number of nitrogens with zero attached hydrogens (tertiary/aromatic N) is 2. The van der Waals surface area contributed by atoms with E-state index in [9.17, 15) is 37.7 Å². The highest BCUT2D eigenvalue weighted by atomic mass is 19.4. The van der Waals surface area contributed by atoms with Gasteiger partial charge < -0.3 is 10.6 Å². The molecule has 1 saturated heterocycles. The Bertz CT molecular complexity index is 781. The molecule has 0 unspecified atom stereocenters. The van der Waals surface area contributed by atoms with E-state index in [1.807, 2.05) is 0 Å². The average Bonchev–Trinajstić information content (AvgIpc) is 2.94. The number of nitro groups is 1. The average molecular weight is 402 g/mol. The Morgan fingerprint density at radius 2 is 1.82 bits per heavy atom.